The summed E-state index contributed by atoms with van der Waals surface area (Å²) in [7, 11) is 1.54. The molecule has 1 N–H and O–H groups in total. The van der Waals surface area contributed by atoms with Crippen LogP contribution < -0.4 is 4.74 Å². The lowest BCUT2D eigenvalue weighted by Gasteiger charge is -2.32. The first kappa shape index (κ1) is 11.0. The van der Waals surface area contributed by atoms with Crippen molar-refractivity contribution >= 4 is 5.78 Å². The lowest BCUT2D eigenvalue weighted by Crippen LogP contribution is -2.27. The monoisotopic (exact) mass is 220 g/mol. The molecule has 1 aliphatic rings. The van der Waals surface area contributed by atoms with Crippen LogP contribution in [0.15, 0.2) is 12.1 Å². The van der Waals surface area contributed by atoms with E-state index in [1.807, 2.05) is 13.8 Å². The summed E-state index contributed by atoms with van der Waals surface area (Å²) < 4.78 is 5.20. The van der Waals surface area contributed by atoms with Crippen molar-refractivity contribution in [1.29, 1.82) is 0 Å². The molecule has 0 saturated heterocycles. The van der Waals surface area contributed by atoms with Crippen molar-refractivity contribution in [3.05, 3.63) is 23.3 Å². The van der Waals surface area contributed by atoms with Crippen molar-refractivity contribution in [2.45, 2.75) is 32.1 Å². The molecule has 0 bridgehead atoms. The van der Waals surface area contributed by atoms with E-state index >= 15 is 0 Å². The maximum absolute atomic E-state index is 11.9. The molecule has 16 heavy (non-hydrogen) atoms. The molecule has 3 nitrogen and oxygen atoms in total. The van der Waals surface area contributed by atoms with E-state index in [0.717, 1.165) is 12.0 Å². The molecule has 0 fully saturated rings. The molecular weight excluding hydrogens is 204 g/mol. The van der Waals surface area contributed by atoms with Crippen molar-refractivity contribution in [3.8, 4) is 11.5 Å². The minimum Gasteiger partial charge on any atom is -0.508 e. The number of ketones is 1. The van der Waals surface area contributed by atoms with E-state index in [2.05, 4.69) is 0 Å². The van der Waals surface area contributed by atoms with Gasteiger partial charge >= 0.3 is 0 Å². The lowest BCUT2D eigenvalue weighted by molar-refractivity contribution is 0.0951. The van der Waals surface area contributed by atoms with Crippen LogP contribution in [0.3, 0.4) is 0 Å². The Morgan fingerprint density at radius 2 is 2.06 bits per heavy atom. The molecule has 0 unspecified atom stereocenters. The number of hydrogen-bond donors (Lipinski definition) is 1. The quantitative estimate of drug-likeness (QED) is 0.791. The summed E-state index contributed by atoms with van der Waals surface area (Å²) in [5.74, 6) is 0.807. The number of hydrogen-bond acceptors (Lipinski definition) is 3. The van der Waals surface area contributed by atoms with E-state index < -0.39 is 0 Å². The minimum atomic E-state index is -0.179. The molecule has 0 aromatic heterocycles. The maximum atomic E-state index is 11.9. The van der Waals surface area contributed by atoms with Crippen LogP contribution in [0.25, 0.3) is 0 Å². The Kier molecular flexibility index (Phi) is 2.41. The smallest absolute Gasteiger partial charge is 0.167 e. The zero-order valence-electron chi connectivity index (χ0n) is 9.83. The second-order valence-corrected chi connectivity index (χ2v) is 4.84. The number of phenolic OH excluding ortho intramolecular Hbond substituents is 1. The molecule has 2 rings (SSSR count). The number of aromatic hydroxyl groups is 1. The van der Waals surface area contributed by atoms with E-state index in [-0.39, 0.29) is 16.9 Å². The van der Waals surface area contributed by atoms with Gasteiger partial charge in [0, 0.05) is 12.0 Å². The van der Waals surface area contributed by atoms with Crippen molar-refractivity contribution in [1.82, 2.24) is 0 Å². The molecule has 1 aromatic rings. The van der Waals surface area contributed by atoms with Crippen LogP contribution in [0, 0.1) is 0 Å². The fourth-order valence-corrected chi connectivity index (χ4v) is 2.38. The van der Waals surface area contributed by atoms with Gasteiger partial charge in [-0.25, -0.2) is 0 Å². The summed E-state index contributed by atoms with van der Waals surface area (Å²) in [6.45, 7) is 4.08. The molecule has 0 saturated carbocycles. The Bertz CT molecular complexity index is 447. The topological polar surface area (TPSA) is 46.5 Å². The summed E-state index contributed by atoms with van der Waals surface area (Å²) in [5, 5.41) is 9.92. The van der Waals surface area contributed by atoms with Crippen molar-refractivity contribution < 1.29 is 14.6 Å². The standard InChI is InChI=1S/C13H16O3/c1-13(2)7-6-8(14)11-10(16-3)5-4-9(15)12(11)13/h4-5,15H,6-7H2,1-3H3. The number of benzene rings is 1. The van der Waals surface area contributed by atoms with E-state index in [1.54, 1.807) is 19.2 Å². The van der Waals surface area contributed by atoms with Crippen LogP contribution >= 0.6 is 0 Å². The molecule has 3 heteroatoms. The van der Waals surface area contributed by atoms with E-state index in [4.69, 9.17) is 4.74 Å². The average Bonchev–Trinajstić information content (AvgIpc) is 2.24. The number of phenols is 1. The molecule has 0 aliphatic heterocycles. The molecule has 1 aliphatic carbocycles. The van der Waals surface area contributed by atoms with Crippen LogP contribution in [0.4, 0.5) is 0 Å². The third-order valence-corrected chi connectivity index (χ3v) is 3.30. The number of methoxy groups -OCH3 is 1. The minimum absolute atomic E-state index is 0.0575. The highest BCUT2D eigenvalue weighted by Gasteiger charge is 2.36. The highest BCUT2D eigenvalue weighted by Crippen LogP contribution is 2.44. The maximum Gasteiger partial charge on any atom is 0.167 e. The van der Waals surface area contributed by atoms with Gasteiger partial charge in [0.25, 0.3) is 0 Å². The van der Waals surface area contributed by atoms with Crippen LogP contribution in [0.5, 0.6) is 11.5 Å². The molecule has 0 spiro atoms. The Morgan fingerprint density at radius 1 is 1.38 bits per heavy atom. The molecule has 86 valence electrons. The highest BCUT2D eigenvalue weighted by atomic mass is 16.5. The van der Waals surface area contributed by atoms with Crippen molar-refractivity contribution in [2.24, 2.45) is 0 Å². The first-order chi connectivity index (χ1) is 7.47. The molecule has 0 heterocycles. The third kappa shape index (κ3) is 1.47. The third-order valence-electron chi connectivity index (χ3n) is 3.30. The number of ether oxygens (including phenoxy) is 1. The Hall–Kier alpha value is -1.51. The second-order valence-electron chi connectivity index (χ2n) is 4.84. The zero-order chi connectivity index (χ0) is 11.9. The van der Waals surface area contributed by atoms with Gasteiger partial charge in [0.05, 0.1) is 12.7 Å². The van der Waals surface area contributed by atoms with Gasteiger partial charge in [0.1, 0.15) is 11.5 Å². The van der Waals surface area contributed by atoms with E-state index in [9.17, 15) is 9.90 Å². The fraction of sp³-hybridized carbons (Fsp3) is 0.462. The van der Waals surface area contributed by atoms with Crippen LogP contribution in [-0.2, 0) is 5.41 Å². The fourth-order valence-electron chi connectivity index (χ4n) is 2.38. The van der Waals surface area contributed by atoms with Gasteiger partial charge < -0.3 is 9.84 Å². The van der Waals surface area contributed by atoms with Crippen LogP contribution in [0.1, 0.15) is 42.6 Å². The van der Waals surface area contributed by atoms with Crippen LogP contribution in [-0.4, -0.2) is 18.0 Å². The molecular formula is C13H16O3. The van der Waals surface area contributed by atoms with Gasteiger partial charge in [-0.15, -0.1) is 0 Å². The molecule has 0 atom stereocenters. The molecule has 0 radical (unpaired) electrons. The summed E-state index contributed by atoms with van der Waals surface area (Å²) in [6, 6.07) is 3.24. The van der Waals surface area contributed by atoms with Crippen molar-refractivity contribution in [2.75, 3.05) is 7.11 Å². The van der Waals surface area contributed by atoms with Gasteiger partial charge in [-0.2, -0.15) is 0 Å². The summed E-state index contributed by atoms with van der Waals surface area (Å²) in [6.07, 6.45) is 1.28. The van der Waals surface area contributed by atoms with E-state index in [0.29, 0.717) is 17.7 Å². The van der Waals surface area contributed by atoms with Crippen molar-refractivity contribution in [3.63, 3.8) is 0 Å². The van der Waals surface area contributed by atoms with Gasteiger partial charge in [0.2, 0.25) is 0 Å². The molecule has 0 amide bonds. The first-order valence-electron chi connectivity index (χ1n) is 5.41. The second kappa shape index (κ2) is 3.51. The predicted octanol–water partition coefficient (Wildman–Crippen LogP) is 2.65. The largest absolute Gasteiger partial charge is 0.508 e. The average molecular weight is 220 g/mol. The highest BCUT2D eigenvalue weighted by molar-refractivity contribution is 6.02. The van der Waals surface area contributed by atoms with E-state index in [1.165, 1.54) is 0 Å². The Labute approximate surface area is 95.0 Å². The van der Waals surface area contributed by atoms with Gasteiger partial charge in [0.15, 0.2) is 5.78 Å². The Morgan fingerprint density at radius 3 is 2.69 bits per heavy atom. The Balaban J connectivity index is 2.75. The first-order valence-corrected chi connectivity index (χ1v) is 5.41. The van der Waals surface area contributed by atoms with Gasteiger partial charge in [-0.05, 0) is 24.0 Å². The number of carbonyl (C=O) groups is 1. The normalized spacial score (nSPS) is 18.1. The summed E-state index contributed by atoms with van der Waals surface area (Å²) in [5.41, 5.74) is 1.10. The number of carbonyl (C=O) groups excluding carboxylic acids is 1. The number of Topliss-reactive ketones (excluding diaryl/α,β-unsaturated/α-hetero) is 1. The lowest BCUT2D eigenvalue weighted by atomic mass is 9.71. The SMILES string of the molecule is COc1ccc(O)c2c1C(=O)CCC2(C)C. The number of rotatable bonds is 1. The summed E-state index contributed by atoms with van der Waals surface area (Å²) in [4.78, 5) is 11.9. The zero-order valence-corrected chi connectivity index (χ0v) is 9.83. The number of fused-ring (bicyclic) bond motifs is 1. The van der Waals surface area contributed by atoms with Gasteiger partial charge in [-0.1, -0.05) is 13.8 Å². The van der Waals surface area contributed by atoms with Gasteiger partial charge in [-0.3, -0.25) is 4.79 Å². The van der Waals surface area contributed by atoms with Crippen LogP contribution in [0.2, 0.25) is 0 Å². The summed E-state index contributed by atoms with van der Waals surface area (Å²) >= 11 is 0. The predicted molar refractivity (Wildman–Crippen MR) is 61.2 cm³/mol. The molecule has 1 aromatic carbocycles.